The van der Waals surface area contributed by atoms with Crippen LogP contribution in [0.25, 0.3) is 0 Å². The molecule has 0 aliphatic carbocycles. The monoisotopic (exact) mass is 285 g/mol. The molecule has 66 valence electrons. The fourth-order valence-corrected chi connectivity index (χ4v) is 0.597. The molecule has 0 fully saturated rings. The highest BCUT2D eigenvalue weighted by atomic mass is 127. The van der Waals surface area contributed by atoms with Crippen molar-refractivity contribution in [2.45, 2.75) is 0 Å². The average Bonchev–Trinajstić information content (AvgIpc) is 1.84. The van der Waals surface area contributed by atoms with Crippen molar-refractivity contribution in [3.63, 3.8) is 0 Å². The SMILES string of the molecule is NC(O)=[N+]=C(N)C(N)=[N+]=C(O)I. The maximum absolute atomic E-state index is 8.63. The molecule has 0 aromatic rings. The van der Waals surface area contributed by atoms with Gasteiger partial charge in [-0.3, -0.25) is 17.2 Å². The molecule has 0 heterocycles. The molecule has 0 saturated heterocycles. The van der Waals surface area contributed by atoms with Crippen molar-refractivity contribution in [3.8, 4) is 0 Å². The number of aliphatic hydroxyl groups excluding tert-OH is 2. The second-order valence-electron chi connectivity index (χ2n) is 1.62. The van der Waals surface area contributed by atoms with Crippen LogP contribution in [0.3, 0.4) is 0 Å². The summed E-state index contributed by atoms with van der Waals surface area (Å²) in [5.74, 6) is -0.489. The molecule has 12 heavy (non-hydrogen) atoms. The van der Waals surface area contributed by atoms with Crippen LogP contribution in [-0.2, 0) is 0 Å². The number of nitrogens with two attached hydrogens (primary N) is 3. The van der Waals surface area contributed by atoms with Crippen LogP contribution in [0.1, 0.15) is 0 Å². The summed E-state index contributed by atoms with van der Waals surface area (Å²) in [4.78, 5) is 0. The standard InChI is InChI=1S/C4H6IN5O2/c5-3(11)9-1(6)2(7)10-4(8)12/h(H6,6,7,8,9,10,11,12)/p+2. The zero-order valence-corrected chi connectivity index (χ0v) is 8.06. The van der Waals surface area contributed by atoms with Gasteiger partial charge in [-0.2, -0.15) is 4.67 Å². The van der Waals surface area contributed by atoms with Crippen molar-refractivity contribution in [2.75, 3.05) is 0 Å². The van der Waals surface area contributed by atoms with Crippen LogP contribution in [0.2, 0.25) is 0 Å². The molecule has 0 aromatic carbocycles. The van der Waals surface area contributed by atoms with Gasteiger partial charge in [0, 0.05) is 0 Å². The molecule has 0 aromatic heterocycles. The van der Waals surface area contributed by atoms with Crippen LogP contribution in [0.15, 0.2) is 0 Å². The van der Waals surface area contributed by atoms with E-state index in [0.717, 1.165) is 0 Å². The lowest BCUT2D eigenvalue weighted by atomic mass is 10.6. The summed E-state index contributed by atoms with van der Waals surface area (Å²) in [5, 5.41) is 17.1. The molecule has 0 spiro atoms. The Hall–Kier alpha value is -1.37. The molecule has 0 aliphatic heterocycles. The molecule has 0 unspecified atom stereocenters. The zero-order valence-electron chi connectivity index (χ0n) is 5.90. The van der Waals surface area contributed by atoms with Gasteiger partial charge in [-0.25, -0.2) is 0 Å². The highest BCUT2D eigenvalue weighted by Crippen LogP contribution is 1.72. The van der Waals surface area contributed by atoms with Crippen molar-refractivity contribution in [1.82, 2.24) is 9.34 Å². The van der Waals surface area contributed by atoms with Crippen LogP contribution in [0.5, 0.6) is 0 Å². The van der Waals surface area contributed by atoms with Gasteiger partial charge in [0.05, 0.1) is 22.6 Å². The molecule has 0 amide bonds. The predicted octanol–water partition coefficient (Wildman–Crippen LogP) is -2.94. The van der Waals surface area contributed by atoms with Gasteiger partial charge >= 0.3 is 21.6 Å². The molecule has 0 rings (SSSR count). The Kier molecular flexibility index (Phi) is 3.98. The highest BCUT2D eigenvalue weighted by molar-refractivity contribution is 14.1. The molecule has 7 nitrogen and oxygen atoms in total. The lowest BCUT2D eigenvalue weighted by Gasteiger charge is -1.75. The van der Waals surface area contributed by atoms with Gasteiger partial charge in [0.2, 0.25) is 0 Å². The van der Waals surface area contributed by atoms with E-state index in [-0.39, 0.29) is 15.6 Å². The number of amidine groups is 3. The van der Waals surface area contributed by atoms with E-state index in [1.165, 1.54) is 22.6 Å². The van der Waals surface area contributed by atoms with Crippen LogP contribution in [0, 0.1) is 0 Å². The summed E-state index contributed by atoms with van der Waals surface area (Å²) < 4.78 is 6.25. The fraction of sp³-hybridized carbons (Fsp3) is 0. The van der Waals surface area contributed by atoms with Crippen LogP contribution in [-0.4, -0.2) is 31.8 Å². The van der Waals surface area contributed by atoms with Crippen LogP contribution >= 0.6 is 22.6 Å². The maximum Gasteiger partial charge on any atom is 0.479 e. The minimum absolute atomic E-state index is 0.223. The van der Waals surface area contributed by atoms with Gasteiger partial charge < -0.3 is 10.2 Å². The third-order valence-electron chi connectivity index (χ3n) is 0.710. The lowest BCUT2D eigenvalue weighted by molar-refractivity contribution is 0.542. The highest BCUT2D eigenvalue weighted by Gasteiger charge is 2.15. The second kappa shape index (κ2) is 4.50. The van der Waals surface area contributed by atoms with Crippen molar-refractivity contribution in [2.24, 2.45) is 17.2 Å². The van der Waals surface area contributed by atoms with E-state index in [4.69, 9.17) is 27.4 Å². The van der Waals surface area contributed by atoms with Gasteiger partial charge in [0.25, 0.3) is 0 Å². The summed E-state index contributed by atoms with van der Waals surface area (Å²) in [7, 11) is 0. The van der Waals surface area contributed by atoms with Crippen molar-refractivity contribution in [1.29, 1.82) is 0 Å². The van der Waals surface area contributed by atoms with E-state index < -0.39 is 6.02 Å². The number of hydrogen-bond donors (Lipinski definition) is 5. The summed E-state index contributed by atoms with van der Waals surface area (Å²) in [6.45, 7) is 0. The van der Waals surface area contributed by atoms with Gasteiger partial charge in [0.1, 0.15) is 0 Å². The Morgan fingerprint density at radius 1 is 1.00 bits per heavy atom. The van der Waals surface area contributed by atoms with Crippen molar-refractivity contribution >= 4 is 44.2 Å². The molecule has 0 saturated carbocycles. The Balaban J connectivity index is 5.14. The average molecular weight is 285 g/mol. The summed E-state index contributed by atoms with van der Waals surface area (Å²) in [6.07, 6.45) is 0. The molecule has 0 radical (unpaired) electrons. The number of rotatable bonds is 0. The third kappa shape index (κ3) is 4.45. The van der Waals surface area contributed by atoms with E-state index in [2.05, 4.69) is 9.34 Å². The first kappa shape index (κ1) is 10.6. The van der Waals surface area contributed by atoms with Crippen LogP contribution in [0.4, 0.5) is 0 Å². The molecule has 0 aliphatic rings. The first-order valence-electron chi connectivity index (χ1n) is 2.65. The zero-order chi connectivity index (χ0) is 9.72. The van der Waals surface area contributed by atoms with E-state index in [0.29, 0.717) is 0 Å². The number of hydrogen-bond acceptors (Lipinski definition) is 0. The van der Waals surface area contributed by atoms with E-state index in [9.17, 15) is 0 Å². The largest absolute Gasteiger partial charge is 0.479 e. The number of aliphatic hydroxyl groups is 2. The van der Waals surface area contributed by atoms with Crippen LogP contribution < -0.4 is 26.5 Å². The minimum atomic E-state index is -0.724. The number of nitrogens with zero attached hydrogens (tertiary/aromatic N) is 2. The predicted molar refractivity (Wildman–Crippen MR) is 56.1 cm³/mol. The summed E-state index contributed by atoms with van der Waals surface area (Å²) >= 11 is 1.52. The van der Waals surface area contributed by atoms with Crippen molar-refractivity contribution in [3.05, 3.63) is 0 Å². The van der Waals surface area contributed by atoms with E-state index in [1.54, 1.807) is 0 Å². The molecule has 8 N–H and O–H groups in total. The molecule has 0 bridgehead atoms. The van der Waals surface area contributed by atoms with Gasteiger partial charge in [-0.05, 0) is 0 Å². The van der Waals surface area contributed by atoms with Gasteiger partial charge in [-0.1, -0.05) is 0 Å². The Bertz CT molecular complexity index is 269. The molecule has 8 heteroatoms. The summed E-state index contributed by atoms with van der Waals surface area (Å²) in [6, 6.07) is -0.724. The fourth-order valence-electron chi connectivity index (χ4n) is 0.337. The first-order valence-corrected chi connectivity index (χ1v) is 3.73. The van der Waals surface area contributed by atoms with E-state index >= 15 is 0 Å². The Labute approximate surface area is 81.2 Å². The maximum atomic E-state index is 8.63. The van der Waals surface area contributed by atoms with Crippen molar-refractivity contribution < 1.29 is 10.2 Å². The smallest absolute Gasteiger partial charge is 0.462 e. The second-order valence-corrected chi connectivity index (χ2v) is 2.59. The van der Waals surface area contributed by atoms with E-state index in [1.807, 2.05) is 0 Å². The van der Waals surface area contributed by atoms with Gasteiger partial charge in [0.15, 0.2) is 0 Å². The lowest BCUT2D eigenvalue weighted by Crippen LogP contribution is -2.37. The first-order chi connectivity index (χ1) is 5.43. The topological polar surface area (TPSA) is 147 Å². The normalized spacial score (nSPS) is 7.75. The quantitative estimate of drug-likeness (QED) is 0.140. The van der Waals surface area contributed by atoms with Gasteiger partial charge in [-0.15, -0.1) is 4.67 Å². The minimum Gasteiger partial charge on any atom is -0.462 e. The molecule has 0 atom stereocenters. The molecular formula is C4H8IN5O2+2. The number of halogens is 1. The third-order valence-corrected chi connectivity index (χ3v) is 0.951. The molecular weight excluding hydrogens is 277 g/mol. The summed E-state index contributed by atoms with van der Waals surface area (Å²) in [5.41, 5.74) is 15.2. The Morgan fingerprint density at radius 3 is 1.75 bits per heavy atom. The Morgan fingerprint density at radius 2 is 1.42 bits per heavy atom.